The molecule has 1 N–H and O–H groups in total. The molecule has 0 aliphatic heterocycles. The number of pyridine rings is 1. The monoisotopic (exact) mass is 280 g/mol. The summed E-state index contributed by atoms with van der Waals surface area (Å²) in [5.74, 6) is -0.243. The highest BCUT2D eigenvalue weighted by Gasteiger charge is 2.10. The maximum Gasteiger partial charge on any atom is 0.276 e. The summed E-state index contributed by atoms with van der Waals surface area (Å²) < 4.78 is 2.32. The molecule has 5 nitrogen and oxygen atoms in total. The molecule has 0 aliphatic carbocycles. The van der Waals surface area contributed by atoms with Crippen molar-refractivity contribution in [1.29, 1.82) is 0 Å². The van der Waals surface area contributed by atoms with E-state index in [1.165, 1.54) is 0 Å². The molecule has 0 saturated heterocycles. The van der Waals surface area contributed by atoms with Crippen molar-refractivity contribution < 1.29 is 4.79 Å². The van der Waals surface area contributed by atoms with Crippen molar-refractivity contribution in [2.45, 2.75) is 0 Å². The molecule has 0 aromatic carbocycles. The molecule has 0 spiro atoms. The van der Waals surface area contributed by atoms with E-state index in [1.807, 2.05) is 0 Å². The number of nitrogens with one attached hydrogen (secondary N) is 1. The van der Waals surface area contributed by atoms with Gasteiger partial charge in [0.1, 0.15) is 0 Å². The number of carbonyl (C=O) groups is 1. The zero-order valence-corrected chi connectivity index (χ0v) is 10.1. The lowest BCUT2D eigenvalue weighted by Crippen LogP contribution is -2.13. The fourth-order valence-electron chi connectivity index (χ4n) is 1.20. The molecule has 2 rings (SSSR count). The van der Waals surface area contributed by atoms with Gasteiger partial charge in [-0.3, -0.25) is 14.5 Å². The summed E-state index contributed by atoms with van der Waals surface area (Å²) >= 11 is 3.30. The van der Waals surface area contributed by atoms with Crippen LogP contribution in [-0.2, 0) is 7.05 Å². The van der Waals surface area contributed by atoms with E-state index in [0.29, 0.717) is 11.4 Å². The van der Waals surface area contributed by atoms with Gasteiger partial charge < -0.3 is 5.32 Å². The minimum Gasteiger partial charge on any atom is -0.319 e. The molecule has 2 aromatic rings. The van der Waals surface area contributed by atoms with Crippen LogP contribution in [-0.4, -0.2) is 20.7 Å². The average Bonchev–Trinajstić information content (AvgIpc) is 2.68. The summed E-state index contributed by atoms with van der Waals surface area (Å²) in [7, 11) is 1.76. The maximum atomic E-state index is 11.8. The first-order valence-electron chi connectivity index (χ1n) is 4.57. The maximum absolute atomic E-state index is 11.8. The number of hydrogen-bond acceptors (Lipinski definition) is 3. The van der Waals surface area contributed by atoms with Crippen LogP contribution in [0.1, 0.15) is 10.5 Å². The van der Waals surface area contributed by atoms with Crippen LogP contribution in [0.4, 0.5) is 5.69 Å². The fraction of sp³-hybridized carbons (Fsp3) is 0.100. The molecule has 2 aromatic heterocycles. The van der Waals surface area contributed by atoms with Gasteiger partial charge in [0, 0.05) is 25.6 Å². The second-order valence-corrected chi connectivity index (χ2v) is 4.04. The first kappa shape index (κ1) is 10.8. The third kappa shape index (κ3) is 2.27. The molecule has 0 saturated carbocycles. The lowest BCUT2D eigenvalue weighted by Gasteiger charge is -2.04. The van der Waals surface area contributed by atoms with Crippen molar-refractivity contribution >= 4 is 27.5 Å². The van der Waals surface area contributed by atoms with Crippen LogP contribution in [0.5, 0.6) is 0 Å². The molecule has 6 heteroatoms. The van der Waals surface area contributed by atoms with Crippen molar-refractivity contribution in [2.24, 2.45) is 7.05 Å². The molecule has 0 unspecified atom stereocenters. The summed E-state index contributed by atoms with van der Waals surface area (Å²) in [5.41, 5.74) is 1.05. The topological polar surface area (TPSA) is 59.8 Å². The van der Waals surface area contributed by atoms with Crippen LogP contribution < -0.4 is 5.32 Å². The number of aryl methyl sites for hydroxylation is 1. The van der Waals surface area contributed by atoms with E-state index in [0.717, 1.165) is 4.47 Å². The second-order valence-electron chi connectivity index (χ2n) is 3.18. The number of amides is 1. The highest BCUT2D eigenvalue weighted by atomic mass is 79.9. The van der Waals surface area contributed by atoms with Gasteiger partial charge in [0.25, 0.3) is 5.91 Å². The number of rotatable bonds is 2. The van der Waals surface area contributed by atoms with E-state index in [1.54, 1.807) is 42.5 Å². The van der Waals surface area contributed by atoms with E-state index in [9.17, 15) is 4.79 Å². The SMILES string of the molecule is Cn1ccc(C(=O)Nc2ccncc2Br)n1. The Morgan fingerprint density at radius 1 is 1.50 bits per heavy atom. The Kier molecular flexibility index (Phi) is 3.00. The Morgan fingerprint density at radius 2 is 2.31 bits per heavy atom. The summed E-state index contributed by atoms with van der Waals surface area (Å²) in [6, 6.07) is 3.37. The van der Waals surface area contributed by atoms with E-state index in [4.69, 9.17) is 0 Å². The van der Waals surface area contributed by atoms with Crippen molar-refractivity contribution in [3.05, 3.63) is 40.9 Å². The smallest absolute Gasteiger partial charge is 0.276 e. The molecular weight excluding hydrogens is 272 g/mol. The van der Waals surface area contributed by atoms with Crippen molar-refractivity contribution in [1.82, 2.24) is 14.8 Å². The van der Waals surface area contributed by atoms with E-state index < -0.39 is 0 Å². The van der Waals surface area contributed by atoms with Crippen LogP contribution in [0.3, 0.4) is 0 Å². The predicted molar refractivity (Wildman–Crippen MR) is 63.1 cm³/mol. The molecule has 0 radical (unpaired) electrons. The van der Waals surface area contributed by atoms with Gasteiger partial charge in [-0.25, -0.2) is 0 Å². The molecule has 1 amide bonds. The molecule has 0 bridgehead atoms. The molecule has 0 fully saturated rings. The molecular formula is C10H9BrN4O. The molecule has 0 atom stereocenters. The van der Waals surface area contributed by atoms with Gasteiger partial charge in [0.15, 0.2) is 5.69 Å². The number of aromatic nitrogens is 3. The first-order valence-corrected chi connectivity index (χ1v) is 5.36. The molecule has 2 heterocycles. The van der Waals surface area contributed by atoms with Crippen molar-refractivity contribution in [3.8, 4) is 0 Å². The van der Waals surface area contributed by atoms with Gasteiger partial charge in [-0.15, -0.1) is 0 Å². The highest BCUT2D eigenvalue weighted by Crippen LogP contribution is 2.20. The van der Waals surface area contributed by atoms with Crippen molar-refractivity contribution in [2.75, 3.05) is 5.32 Å². The van der Waals surface area contributed by atoms with Gasteiger partial charge in [-0.2, -0.15) is 5.10 Å². The predicted octanol–water partition coefficient (Wildman–Crippen LogP) is 1.83. The third-order valence-electron chi connectivity index (χ3n) is 1.97. The number of carbonyl (C=O) groups excluding carboxylic acids is 1. The summed E-state index contributed by atoms with van der Waals surface area (Å²) in [5, 5.41) is 6.75. The van der Waals surface area contributed by atoms with Crippen LogP contribution in [0.2, 0.25) is 0 Å². The Bertz CT molecular complexity index is 523. The standard InChI is InChI=1S/C10H9BrN4O/c1-15-5-3-9(14-15)10(16)13-8-2-4-12-6-7(8)11/h2-6H,1H3,(H,12,13,16). The lowest BCUT2D eigenvalue weighted by atomic mass is 10.3. The quantitative estimate of drug-likeness (QED) is 0.913. The van der Waals surface area contributed by atoms with Gasteiger partial charge >= 0.3 is 0 Å². The minimum absolute atomic E-state index is 0.243. The van der Waals surface area contributed by atoms with E-state index >= 15 is 0 Å². The summed E-state index contributed by atoms with van der Waals surface area (Å²) in [6.07, 6.45) is 4.95. The van der Waals surface area contributed by atoms with E-state index in [-0.39, 0.29) is 5.91 Å². The molecule has 0 aliphatic rings. The van der Waals surface area contributed by atoms with Gasteiger partial charge in [0.05, 0.1) is 10.2 Å². The molecule has 82 valence electrons. The fourth-order valence-corrected chi connectivity index (χ4v) is 1.55. The van der Waals surface area contributed by atoms with Crippen LogP contribution >= 0.6 is 15.9 Å². The van der Waals surface area contributed by atoms with E-state index in [2.05, 4.69) is 31.3 Å². The number of hydrogen-bond donors (Lipinski definition) is 1. The van der Waals surface area contributed by atoms with Gasteiger partial charge in [0.2, 0.25) is 0 Å². The Labute approximate surface area is 101 Å². The summed E-state index contributed by atoms with van der Waals surface area (Å²) in [4.78, 5) is 15.7. The van der Waals surface area contributed by atoms with Crippen LogP contribution in [0.25, 0.3) is 0 Å². The van der Waals surface area contributed by atoms with Crippen LogP contribution in [0, 0.1) is 0 Å². The van der Waals surface area contributed by atoms with Gasteiger partial charge in [-0.05, 0) is 28.1 Å². The number of halogens is 1. The van der Waals surface area contributed by atoms with Crippen molar-refractivity contribution in [3.63, 3.8) is 0 Å². The largest absolute Gasteiger partial charge is 0.319 e. The van der Waals surface area contributed by atoms with Gasteiger partial charge in [-0.1, -0.05) is 0 Å². The summed E-state index contributed by atoms with van der Waals surface area (Å²) in [6.45, 7) is 0. The number of nitrogens with zero attached hydrogens (tertiary/aromatic N) is 3. The number of anilines is 1. The zero-order chi connectivity index (χ0) is 11.5. The molecule has 16 heavy (non-hydrogen) atoms. The zero-order valence-electron chi connectivity index (χ0n) is 8.51. The van der Waals surface area contributed by atoms with Crippen LogP contribution in [0.15, 0.2) is 35.2 Å². The Balaban J connectivity index is 2.17. The minimum atomic E-state index is -0.243. The normalized spacial score (nSPS) is 10.1. The first-order chi connectivity index (χ1) is 7.66. The lowest BCUT2D eigenvalue weighted by molar-refractivity contribution is 0.102. The Hall–Kier alpha value is -1.69. The third-order valence-corrected chi connectivity index (χ3v) is 2.60. The second kappa shape index (κ2) is 4.44. The highest BCUT2D eigenvalue weighted by molar-refractivity contribution is 9.10. The average molecular weight is 281 g/mol. The Morgan fingerprint density at radius 3 is 2.94 bits per heavy atom.